The van der Waals surface area contributed by atoms with E-state index < -0.39 is 5.54 Å². The van der Waals surface area contributed by atoms with E-state index in [1.807, 2.05) is 6.92 Å². The van der Waals surface area contributed by atoms with Crippen LogP contribution in [0, 0.1) is 11.3 Å². The molecular formula is C12H21N3O. The number of hydrogen-bond donors (Lipinski definition) is 1. The molecule has 1 saturated carbocycles. The number of rotatable bonds is 5. The molecule has 2 rings (SSSR count). The first kappa shape index (κ1) is 11.8. The summed E-state index contributed by atoms with van der Waals surface area (Å²) in [7, 11) is 2.09. The summed E-state index contributed by atoms with van der Waals surface area (Å²) in [6.07, 6.45) is 3.52. The van der Waals surface area contributed by atoms with Gasteiger partial charge in [0.05, 0.1) is 12.7 Å². The van der Waals surface area contributed by atoms with Gasteiger partial charge >= 0.3 is 0 Å². The smallest absolute Gasteiger partial charge is 0.116 e. The van der Waals surface area contributed by atoms with Crippen LogP contribution >= 0.6 is 0 Å². The van der Waals surface area contributed by atoms with E-state index in [-0.39, 0.29) is 0 Å². The van der Waals surface area contributed by atoms with Crippen LogP contribution in [0.5, 0.6) is 0 Å². The van der Waals surface area contributed by atoms with Crippen molar-refractivity contribution in [3.63, 3.8) is 0 Å². The third kappa shape index (κ3) is 2.94. The third-order valence-electron chi connectivity index (χ3n) is 3.44. The molecule has 2 atom stereocenters. The average Bonchev–Trinajstić information content (AvgIpc) is 2.88. The van der Waals surface area contributed by atoms with E-state index >= 15 is 0 Å². The lowest BCUT2D eigenvalue weighted by Crippen LogP contribution is -2.52. The topological polar surface area (TPSA) is 48.3 Å². The summed E-state index contributed by atoms with van der Waals surface area (Å²) >= 11 is 0. The highest BCUT2D eigenvalue weighted by Crippen LogP contribution is 2.23. The van der Waals surface area contributed by atoms with Gasteiger partial charge in [-0.3, -0.25) is 10.2 Å². The van der Waals surface area contributed by atoms with Gasteiger partial charge < -0.3 is 4.74 Å². The molecular weight excluding hydrogens is 202 g/mol. The van der Waals surface area contributed by atoms with Gasteiger partial charge in [-0.05, 0) is 33.2 Å². The monoisotopic (exact) mass is 223 g/mol. The van der Waals surface area contributed by atoms with Gasteiger partial charge in [0.15, 0.2) is 0 Å². The van der Waals surface area contributed by atoms with E-state index in [9.17, 15) is 5.26 Å². The maximum absolute atomic E-state index is 9.28. The second-order valence-corrected chi connectivity index (χ2v) is 5.30. The second-order valence-electron chi connectivity index (χ2n) is 5.30. The SMILES string of the molecule is CN(CC(C)(C#N)NC1CC1)C1CCOC1. The number of ether oxygens (including phenoxy) is 1. The average molecular weight is 223 g/mol. The molecule has 0 aromatic rings. The van der Waals surface area contributed by atoms with Gasteiger partial charge in [-0.2, -0.15) is 5.26 Å². The lowest BCUT2D eigenvalue weighted by Gasteiger charge is -2.32. The number of likely N-dealkylation sites (N-methyl/N-ethyl adjacent to an activating group) is 1. The minimum atomic E-state index is -0.418. The molecule has 16 heavy (non-hydrogen) atoms. The van der Waals surface area contributed by atoms with Gasteiger partial charge in [-0.25, -0.2) is 0 Å². The first-order valence-electron chi connectivity index (χ1n) is 6.10. The number of nitrogens with zero attached hydrogens (tertiary/aromatic N) is 2. The van der Waals surface area contributed by atoms with E-state index in [0.717, 1.165) is 26.2 Å². The van der Waals surface area contributed by atoms with Crippen molar-refractivity contribution in [2.45, 2.75) is 43.8 Å². The summed E-state index contributed by atoms with van der Waals surface area (Å²) < 4.78 is 5.37. The Kier molecular flexibility index (Phi) is 3.48. The molecule has 0 aromatic carbocycles. The first-order chi connectivity index (χ1) is 7.63. The minimum Gasteiger partial charge on any atom is -0.380 e. The van der Waals surface area contributed by atoms with Crippen molar-refractivity contribution in [1.29, 1.82) is 5.26 Å². The maximum Gasteiger partial charge on any atom is 0.116 e. The highest BCUT2D eigenvalue weighted by Gasteiger charge is 2.35. The lowest BCUT2D eigenvalue weighted by molar-refractivity contribution is 0.146. The molecule has 0 spiro atoms. The summed E-state index contributed by atoms with van der Waals surface area (Å²) in [6, 6.07) is 3.46. The van der Waals surface area contributed by atoms with Gasteiger partial charge in [-0.1, -0.05) is 0 Å². The summed E-state index contributed by atoms with van der Waals surface area (Å²) in [6.45, 7) is 4.43. The van der Waals surface area contributed by atoms with Crippen LogP contribution < -0.4 is 5.32 Å². The Balaban J connectivity index is 1.86. The predicted molar refractivity (Wildman–Crippen MR) is 62.0 cm³/mol. The quantitative estimate of drug-likeness (QED) is 0.747. The zero-order valence-electron chi connectivity index (χ0n) is 10.2. The number of nitrogens with one attached hydrogen (secondary N) is 1. The fourth-order valence-electron chi connectivity index (χ4n) is 2.29. The Hall–Kier alpha value is -0.630. The van der Waals surface area contributed by atoms with E-state index in [1.165, 1.54) is 12.8 Å². The van der Waals surface area contributed by atoms with Gasteiger partial charge in [0.2, 0.25) is 0 Å². The highest BCUT2D eigenvalue weighted by molar-refractivity contribution is 5.09. The summed E-state index contributed by atoms with van der Waals surface area (Å²) in [5.74, 6) is 0. The Morgan fingerprint density at radius 2 is 2.25 bits per heavy atom. The van der Waals surface area contributed by atoms with Crippen molar-refractivity contribution in [3.05, 3.63) is 0 Å². The molecule has 0 radical (unpaired) electrons. The predicted octanol–water partition coefficient (Wildman–Crippen LogP) is 0.741. The molecule has 1 N–H and O–H groups in total. The molecule has 0 bridgehead atoms. The van der Waals surface area contributed by atoms with Crippen LogP contribution in [0.2, 0.25) is 0 Å². The lowest BCUT2D eigenvalue weighted by atomic mass is 10.0. The van der Waals surface area contributed by atoms with E-state index in [1.54, 1.807) is 0 Å². The zero-order chi connectivity index (χ0) is 11.6. The normalized spacial score (nSPS) is 29.0. The maximum atomic E-state index is 9.28. The van der Waals surface area contributed by atoms with E-state index in [4.69, 9.17) is 4.74 Å². The van der Waals surface area contributed by atoms with Crippen LogP contribution in [0.1, 0.15) is 26.2 Å². The molecule has 4 heteroatoms. The highest BCUT2D eigenvalue weighted by atomic mass is 16.5. The molecule has 2 aliphatic rings. The zero-order valence-corrected chi connectivity index (χ0v) is 10.2. The largest absolute Gasteiger partial charge is 0.380 e. The number of nitriles is 1. The fourth-order valence-corrected chi connectivity index (χ4v) is 2.29. The summed E-state index contributed by atoms with van der Waals surface area (Å²) in [4.78, 5) is 2.26. The van der Waals surface area contributed by atoms with Crippen LogP contribution in [0.4, 0.5) is 0 Å². The number of hydrogen-bond acceptors (Lipinski definition) is 4. The molecule has 4 nitrogen and oxygen atoms in total. The van der Waals surface area contributed by atoms with Crippen LogP contribution in [0.15, 0.2) is 0 Å². The Morgan fingerprint density at radius 3 is 2.75 bits per heavy atom. The van der Waals surface area contributed by atoms with E-state index in [2.05, 4.69) is 23.3 Å². The van der Waals surface area contributed by atoms with E-state index in [0.29, 0.717) is 12.1 Å². The van der Waals surface area contributed by atoms with Crippen molar-refractivity contribution < 1.29 is 4.74 Å². The molecule has 1 aliphatic carbocycles. The van der Waals surface area contributed by atoms with Crippen molar-refractivity contribution in [2.75, 3.05) is 26.8 Å². The molecule has 1 heterocycles. The Labute approximate surface area is 97.6 Å². The van der Waals surface area contributed by atoms with Gasteiger partial charge in [0.1, 0.15) is 5.54 Å². The molecule has 0 aromatic heterocycles. The van der Waals surface area contributed by atoms with Crippen LogP contribution in [0.3, 0.4) is 0 Å². The Morgan fingerprint density at radius 1 is 1.50 bits per heavy atom. The van der Waals surface area contributed by atoms with Crippen LogP contribution in [0.25, 0.3) is 0 Å². The van der Waals surface area contributed by atoms with Crippen molar-refractivity contribution >= 4 is 0 Å². The first-order valence-corrected chi connectivity index (χ1v) is 6.10. The van der Waals surface area contributed by atoms with Gasteiger partial charge in [-0.15, -0.1) is 0 Å². The van der Waals surface area contributed by atoms with Gasteiger partial charge in [0, 0.05) is 25.2 Å². The van der Waals surface area contributed by atoms with Gasteiger partial charge in [0.25, 0.3) is 0 Å². The molecule has 2 fully saturated rings. The van der Waals surface area contributed by atoms with Crippen molar-refractivity contribution in [1.82, 2.24) is 10.2 Å². The second kappa shape index (κ2) is 4.70. The summed E-state index contributed by atoms with van der Waals surface area (Å²) in [5, 5.41) is 12.7. The molecule has 1 saturated heterocycles. The van der Waals surface area contributed by atoms with Crippen LogP contribution in [-0.4, -0.2) is 49.3 Å². The fraction of sp³-hybridized carbons (Fsp3) is 0.917. The van der Waals surface area contributed by atoms with Crippen molar-refractivity contribution in [3.8, 4) is 6.07 Å². The summed E-state index contributed by atoms with van der Waals surface area (Å²) in [5.41, 5.74) is -0.418. The van der Waals surface area contributed by atoms with Crippen molar-refractivity contribution in [2.24, 2.45) is 0 Å². The minimum absolute atomic E-state index is 0.418. The molecule has 0 amide bonds. The Bertz CT molecular complexity index is 278. The molecule has 90 valence electrons. The molecule has 1 aliphatic heterocycles. The molecule has 2 unspecified atom stereocenters. The van der Waals surface area contributed by atoms with Crippen LogP contribution in [-0.2, 0) is 4.74 Å². The standard InChI is InChI=1S/C12H21N3O/c1-12(8-13,14-10-3-4-10)9-15(2)11-5-6-16-7-11/h10-11,14H,3-7,9H2,1-2H3. The third-order valence-corrected chi connectivity index (χ3v) is 3.44.